The van der Waals surface area contributed by atoms with Crippen LogP contribution in [0.15, 0.2) is 120 Å². The van der Waals surface area contributed by atoms with E-state index in [-0.39, 0.29) is 0 Å². The summed E-state index contributed by atoms with van der Waals surface area (Å²) in [5.41, 5.74) is 7.24. The summed E-state index contributed by atoms with van der Waals surface area (Å²) in [6.45, 7) is 4.37. The topological polar surface area (TPSA) is 9.23 Å². The van der Waals surface area contributed by atoms with E-state index in [1.54, 1.807) is 7.11 Å². The van der Waals surface area contributed by atoms with Crippen LogP contribution in [0.1, 0.15) is 11.1 Å². The van der Waals surface area contributed by atoms with Crippen LogP contribution < -0.4 is 20.7 Å². The number of hydrogen-bond acceptors (Lipinski definition) is 1. The minimum absolute atomic E-state index is 0.762. The number of rotatable bonds is 6. The van der Waals surface area contributed by atoms with Gasteiger partial charge in [-0.15, -0.1) is 0 Å². The molecule has 0 aliphatic heterocycles. The summed E-state index contributed by atoms with van der Waals surface area (Å²) in [6, 6.07) is 41.4. The lowest BCUT2D eigenvalue weighted by molar-refractivity contribution is 0.416. The first kappa shape index (κ1) is 24.5. The number of halogens is 1. The molecule has 5 aromatic carbocycles. The summed E-state index contributed by atoms with van der Waals surface area (Å²) in [7, 11) is 1.000. The van der Waals surface area contributed by atoms with Gasteiger partial charge in [0.2, 0.25) is 0 Å². The minimum Gasteiger partial charge on any atom is -0.496 e. The van der Waals surface area contributed by atoms with Crippen molar-refractivity contribution < 1.29 is 4.74 Å². The number of methoxy groups -OCH3 is 1. The van der Waals surface area contributed by atoms with Gasteiger partial charge in [0.15, 0.2) is 0 Å². The van der Waals surface area contributed by atoms with Gasteiger partial charge in [0, 0.05) is 10.0 Å². The fourth-order valence-electron chi connectivity index (χ4n) is 4.80. The fraction of sp³-hybridized carbons (Fsp3) is 0.0909. The summed E-state index contributed by atoms with van der Waals surface area (Å²) in [5, 5.41) is 4.02. The largest absolute Gasteiger partial charge is 0.496 e. The molecule has 178 valence electrons. The van der Waals surface area contributed by atoms with E-state index in [0.29, 0.717) is 0 Å². The lowest BCUT2D eigenvalue weighted by Crippen LogP contribution is -2.22. The third-order valence-corrected chi connectivity index (χ3v) is 9.50. The van der Waals surface area contributed by atoms with Crippen LogP contribution in [-0.2, 0) is 0 Å². The van der Waals surface area contributed by atoms with Gasteiger partial charge in [0.25, 0.3) is 0 Å². The van der Waals surface area contributed by atoms with Crippen LogP contribution in [0.25, 0.3) is 22.3 Å². The maximum atomic E-state index is 5.97. The Hall–Kier alpha value is -3.19. The molecular weight excluding hydrogens is 523 g/mol. The molecule has 0 radical (unpaired) electrons. The van der Waals surface area contributed by atoms with Gasteiger partial charge < -0.3 is 4.74 Å². The molecule has 3 heteroatoms. The van der Waals surface area contributed by atoms with E-state index in [0.717, 1.165) is 15.8 Å². The molecule has 0 aromatic heterocycles. The lowest BCUT2D eigenvalue weighted by Gasteiger charge is -2.25. The molecule has 0 spiro atoms. The zero-order valence-electron chi connectivity index (χ0n) is 20.7. The highest BCUT2D eigenvalue weighted by Gasteiger charge is 2.24. The van der Waals surface area contributed by atoms with Gasteiger partial charge in [-0.2, -0.15) is 0 Å². The Labute approximate surface area is 223 Å². The molecule has 5 rings (SSSR count). The van der Waals surface area contributed by atoms with Crippen molar-refractivity contribution in [3.8, 4) is 28.0 Å². The molecule has 0 aliphatic rings. The van der Waals surface area contributed by atoms with Crippen molar-refractivity contribution >= 4 is 39.8 Å². The van der Waals surface area contributed by atoms with Crippen molar-refractivity contribution in [3.05, 3.63) is 131 Å². The molecule has 0 saturated carbocycles. The minimum atomic E-state index is -0.762. The first-order valence-corrected chi connectivity index (χ1v) is 14.2. The van der Waals surface area contributed by atoms with Crippen molar-refractivity contribution in [1.29, 1.82) is 0 Å². The Morgan fingerprint density at radius 1 is 0.583 bits per heavy atom. The van der Waals surface area contributed by atoms with E-state index in [4.69, 9.17) is 4.74 Å². The summed E-state index contributed by atoms with van der Waals surface area (Å²) in [5.74, 6) is 0.885. The van der Waals surface area contributed by atoms with Gasteiger partial charge in [-0.05, 0) is 83.7 Å². The highest BCUT2D eigenvalue weighted by molar-refractivity contribution is 9.10. The van der Waals surface area contributed by atoms with E-state index < -0.39 is 7.92 Å². The Morgan fingerprint density at radius 2 is 1.17 bits per heavy atom. The van der Waals surface area contributed by atoms with Crippen LogP contribution in [0.2, 0.25) is 0 Å². The van der Waals surface area contributed by atoms with Gasteiger partial charge in [0.1, 0.15) is 5.75 Å². The Morgan fingerprint density at radius 3 is 1.81 bits per heavy atom. The van der Waals surface area contributed by atoms with Crippen LogP contribution in [-0.4, -0.2) is 7.11 Å². The molecule has 36 heavy (non-hydrogen) atoms. The third kappa shape index (κ3) is 4.76. The van der Waals surface area contributed by atoms with Crippen LogP contribution in [0.3, 0.4) is 0 Å². The second kappa shape index (κ2) is 10.8. The van der Waals surface area contributed by atoms with E-state index in [9.17, 15) is 0 Å². The third-order valence-electron chi connectivity index (χ3n) is 6.51. The molecule has 0 amide bonds. The smallest absolute Gasteiger partial charge is 0.127 e. The molecule has 5 aromatic rings. The summed E-state index contributed by atoms with van der Waals surface area (Å²) in [6.07, 6.45) is 0. The van der Waals surface area contributed by atoms with E-state index >= 15 is 0 Å². The maximum absolute atomic E-state index is 5.97. The molecule has 0 heterocycles. The van der Waals surface area contributed by atoms with E-state index in [1.807, 2.05) is 0 Å². The summed E-state index contributed by atoms with van der Waals surface area (Å²) >= 11 is 3.70. The Balaban J connectivity index is 1.84. The number of aryl methyl sites for hydroxylation is 2. The highest BCUT2D eigenvalue weighted by atomic mass is 79.9. The first-order chi connectivity index (χ1) is 17.6. The molecule has 0 saturated heterocycles. The first-order valence-electron chi connectivity index (χ1n) is 12.0. The van der Waals surface area contributed by atoms with Gasteiger partial charge in [-0.1, -0.05) is 113 Å². The van der Waals surface area contributed by atoms with E-state index in [1.165, 1.54) is 43.7 Å². The number of ether oxygens (including phenoxy) is 1. The maximum Gasteiger partial charge on any atom is 0.127 e. The molecule has 0 unspecified atom stereocenters. The van der Waals surface area contributed by atoms with Crippen molar-refractivity contribution in [2.45, 2.75) is 13.8 Å². The van der Waals surface area contributed by atoms with Gasteiger partial charge in [-0.25, -0.2) is 0 Å². The zero-order chi connectivity index (χ0) is 25.1. The number of benzene rings is 5. The fourth-order valence-corrected chi connectivity index (χ4v) is 7.62. The average molecular weight is 551 g/mol. The van der Waals surface area contributed by atoms with Crippen molar-refractivity contribution in [1.82, 2.24) is 0 Å². The second-order valence-electron chi connectivity index (χ2n) is 8.82. The van der Waals surface area contributed by atoms with Crippen LogP contribution >= 0.6 is 23.9 Å². The molecule has 0 fully saturated rings. The predicted molar refractivity (Wildman–Crippen MR) is 160 cm³/mol. The van der Waals surface area contributed by atoms with Crippen LogP contribution in [0.5, 0.6) is 5.75 Å². The molecular formula is C33H28BrOP. The van der Waals surface area contributed by atoms with E-state index in [2.05, 4.69) is 145 Å². The summed E-state index contributed by atoms with van der Waals surface area (Å²) in [4.78, 5) is 0. The molecule has 0 aliphatic carbocycles. The van der Waals surface area contributed by atoms with Crippen molar-refractivity contribution in [2.75, 3.05) is 7.11 Å². The highest BCUT2D eigenvalue weighted by Crippen LogP contribution is 2.45. The quantitative estimate of drug-likeness (QED) is 0.194. The number of hydrogen-bond donors (Lipinski definition) is 0. The zero-order valence-corrected chi connectivity index (χ0v) is 23.2. The SMILES string of the molecule is COc1ccc(C)c(-c2ccccc2P(c2ccccc2)c2ccccc2)c1-c1cc(Br)ccc1C. The van der Waals surface area contributed by atoms with Gasteiger partial charge in [-0.3, -0.25) is 0 Å². The molecule has 0 bridgehead atoms. The molecule has 0 N–H and O–H groups in total. The van der Waals surface area contributed by atoms with Crippen molar-refractivity contribution in [3.63, 3.8) is 0 Å². The van der Waals surface area contributed by atoms with Crippen LogP contribution in [0.4, 0.5) is 0 Å². The van der Waals surface area contributed by atoms with Gasteiger partial charge >= 0.3 is 0 Å². The standard InChI is InChI=1S/C33H28BrOP/c1-23-18-20-25(34)22-29(23)33-30(35-3)21-19-24(2)32(33)28-16-10-11-17-31(28)36(26-12-6-4-7-13-26)27-14-8-5-9-15-27/h4-22H,1-3H3. The Bertz CT molecular complexity index is 1460. The normalized spacial score (nSPS) is 11.0. The van der Waals surface area contributed by atoms with Crippen LogP contribution in [0, 0.1) is 13.8 Å². The monoisotopic (exact) mass is 550 g/mol. The molecule has 1 nitrogen and oxygen atoms in total. The second-order valence-corrected chi connectivity index (χ2v) is 11.9. The predicted octanol–water partition coefficient (Wildman–Crippen LogP) is 8.17. The van der Waals surface area contributed by atoms with Crippen molar-refractivity contribution in [2.24, 2.45) is 0 Å². The summed E-state index contributed by atoms with van der Waals surface area (Å²) < 4.78 is 7.03. The van der Waals surface area contributed by atoms with Gasteiger partial charge in [0.05, 0.1) is 7.11 Å². The molecule has 0 atom stereocenters. The average Bonchev–Trinajstić information content (AvgIpc) is 2.92. The lowest BCUT2D eigenvalue weighted by atomic mass is 9.88. The Kier molecular flexibility index (Phi) is 7.37.